The van der Waals surface area contributed by atoms with Gasteiger partial charge in [-0.05, 0) is 37.2 Å². The van der Waals surface area contributed by atoms with Crippen LogP contribution >= 0.6 is 23.2 Å². The van der Waals surface area contributed by atoms with Crippen molar-refractivity contribution in [2.24, 2.45) is 0 Å². The second kappa shape index (κ2) is 7.69. The minimum Gasteiger partial charge on any atom is -0.489 e. The second-order valence-electron chi connectivity index (χ2n) is 4.85. The molecule has 0 spiro atoms. The average molecular weight is 324 g/mol. The Hall–Kier alpha value is -1.22. The van der Waals surface area contributed by atoms with E-state index in [0.29, 0.717) is 16.7 Å². The van der Waals surface area contributed by atoms with Gasteiger partial charge in [0.2, 0.25) is 0 Å². The van der Waals surface area contributed by atoms with Crippen molar-refractivity contribution in [3.8, 4) is 5.75 Å². The Morgan fingerprint density at radius 3 is 2.57 bits per heavy atom. The fourth-order valence-electron chi connectivity index (χ4n) is 2.18. The minimum atomic E-state index is 0.250. The molecular formula is C17H19Cl2NO. The molecule has 1 atom stereocenters. The monoisotopic (exact) mass is 323 g/mol. The first-order chi connectivity index (χ1) is 10.1. The molecule has 2 aromatic carbocycles. The van der Waals surface area contributed by atoms with Gasteiger partial charge in [-0.3, -0.25) is 0 Å². The molecule has 0 bridgehead atoms. The summed E-state index contributed by atoms with van der Waals surface area (Å²) in [5.74, 6) is 0.886. The van der Waals surface area contributed by atoms with Crippen molar-refractivity contribution in [2.45, 2.75) is 26.5 Å². The lowest BCUT2D eigenvalue weighted by Crippen LogP contribution is -2.18. The maximum atomic E-state index is 6.02. The first-order valence-electron chi connectivity index (χ1n) is 7.01. The predicted molar refractivity (Wildman–Crippen MR) is 89.3 cm³/mol. The number of halogens is 2. The molecule has 0 saturated carbocycles. The lowest BCUT2D eigenvalue weighted by Gasteiger charge is -2.17. The van der Waals surface area contributed by atoms with Crippen molar-refractivity contribution >= 4 is 23.2 Å². The average Bonchev–Trinajstić information content (AvgIpc) is 2.49. The number of hydrogen-bond acceptors (Lipinski definition) is 2. The molecule has 0 aliphatic carbocycles. The van der Waals surface area contributed by atoms with Gasteiger partial charge in [0.1, 0.15) is 12.4 Å². The van der Waals surface area contributed by atoms with E-state index in [1.165, 1.54) is 0 Å². The third kappa shape index (κ3) is 4.37. The van der Waals surface area contributed by atoms with Gasteiger partial charge in [-0.2, -0.15) is 0 Å². The van der Waals surface area contributed by atoms with Gasteiger partial charge < -0.3 is 10.1 Å². The quantitative estimate of drug-likeness (QED) is 0.784. The molecule has 0 heterocycles. The topological polar surface area (TPSA) is 21.3 Å². The van der Waals surface area contributed by atoms with E-state index >= 15 is 0 Å². The first kappa shape index (κ1) is 16.2. The zero-order chi connectivity index (χ0) is 15.2. The molecule has 0 fully saturated rings. The number of benzene rings is 2. The van der Waals surface area contributed by atoms with Crippen molar-refractivity contribution in [1.82, 2.24) is 5.32 Å². The van der Waals surface area contributed by atoms with Crippen LogP contribution in [0, 0.1) is 0 Å². The molecule has 0 aromatic heterocycles. The fraction of sp³-hybridized carbons (Fsp3) is 0.294. The molecule has 0 amide bonds. The van der Waals surface area contributed by atoms with E-state index in [1.807, 2.05) is 30.3 Å². The smallest absolute Gasteiger partial charge is 0.124 e. The standard InChI is InChI=1S/C17H19Cl2NO/c1-3-20-12(2)14-6-4-5-7-17(14)21-11-13-8-9-15(18)16(19)10-13/h4-10,12,20H,3,11H2,1-2H3. The lowest BCUT2D eigenvalue weighted by molar-refractivity contribution is 0.300. The van der Waals surface area contributed by atoms with Crippen LogP contribution in [0.4, 0.5) is 0 Å². The summed E-state index contributed by atoms with van der Waals surface area (Å²) in [5, 5.41) is 4.50. The summed E-state index contributed by atoms with van der Waals surface area (Å²) in [7, 11) is 0. The van der Waals surface area contributed by atoms with E-state index in [-0.39, 0.29) is 6.04 Å². The van der Waals surface area contributed by atoms with E-state index in [0.717, 1.165) is 23.4 Å². The highest BCUT2D eigenvalue weighted by molar-refractivity contribution is 6.42. The molecular weight excluding hydrogens is 305 g/mol. The highest BCUT2D eigenvalue weighted by Crippen LogP contribution is 2.27. The van der Waals surface area contributed by atoms with Crippen LogP contribution in [0.1, 0.15) is 31.0 Å². The van der Waals surface area contributed by atoms with Gasteiger partial charge in [-0.15, -0.1) is 0 Å². The number of nitrogens with one attached hydrogen (secondary N) is 1. The van der Waals surface area contributed by atoms with Crippen LogP contribution in [0.3, 0.4) is 0 Å². The zero-order valence-electron chi connectivity index (χ0n) is 12.2. The Labute approximate surface area is 136 Å². The number of ether oxygens (including phenoxy) is 1. The summed E-state index contributed by atoms with van der Waals surface area (Å²) >= 11 is 11.9. The van der Waals surface area contributed by atoms with Gasteiger partial charge in [0, 0.05) is 11.6 Å². The maximum Gasteiger partial charge on any atom is 0.124 e. The highest BCUT2D eigenvalue weighted by Gasteiger charge is 2.10. The second-order valence-corrected chi connectivity index (χ2v) is 5.67. The third-order valence-electron chi connectivity index (χ3n) is 3.27. The Kier molecular flexibility index (Phi) is 5.92. The Morgan fingerprint density at radius 2 is 1.86 bits per heavy atom. The van der Waals surface area contributed by atoms with Crippen LogP contribution in [0.5, 0.6) is 5.75 Å². The molecule has 0 aliphatic rings. The SMILES string of the molecule is CCNC(C)c1ccccc1OCc1ccc(Cl)c(Cl)c1. The number of hydrogen-bond donors (Lipinski definition) is 1. The van der Waals surface area contributed by atoms with Crippen LogP contribution in [-0.4, -0.2) is 6.54 Å². The summed E-state index contributed by atoms with van der Waals surface area (Å²) < 4.78 is 5.94. The van der Waals surface area contributed by atoms with Crippen LogP contribution in [0.25, 0.3) is 0 Å². The molecule has 2 rings (SSSR count). The molecule has 21 heavy (non-hydrogen) atoms. The molecule has 0 aliphatic heterocycles. The fourth-order valence-corrected chi connectivity index (χ4v) is 2.50. The Bertz CT molecular complexity index is 601. The van der Waals surface area contributed by atoms with Crippen LogP contribution in [0.15, 0.2) is 42.5 Å². The van der Waals surface area contributed by atoms with Gasteiger partial charge in [-0.25, -0.2) is 0 Å². The van der Waals surface area contributed by atoms with Crippen LogP contribution in [0.2, 0.25) is 10.0 Å². The van der Waals surface area contributed by atoms with E-state index < -0.39 is 0 Å². The summed E-state index contributed by atoms with van der Waals surface area (Å²) in [6.45, 7) is 5.61. The molecule has 2 nitrogen and oxygen atoms in total. The van der Waals surface area contributed by atoms with Crippen molar-refractivity contribution < 1.29 is 4.74 Å². The van der Waals surface area contributed by atoms with E-state index in [4.69, 9.17) is 27.9 Å². The van der Waals surface area contributed by atoms with E-state index in [2.05, 4.69) is 25.2 Å². The van der Waals surface area contributed by atoms with Gasteiger partial charge >= 0.3 is 0 Å². The molecule has 1 N–H and O–H groups in total. The minimum absolute atomic E-state index is 0.250. The van der Waals surface area contributed by atoms with Crippen LogP contribution < -0.4 is 10.1 Å². The number of para-hydroxylation sites is 1. The van der Waals surface area contributed by atoms with Gasteiger partial charge in [0.25, 0.3) is 0 Å². The Balaban J connectivity index is 2.10. The van der Waals surface area contributed by atoms with Crippen molar-refractivity contribution in [3.63, 3.8) is 0 Å². The zero-order valence-corrected chi connectivity index (χ0v) is 13.7. The summed E-state index contributed by atoms with van der Waals surface area (Å²) in [4.78, 5) is 0. The van der Waals surface area contributed by atoms with Crippen molar-refractivity contribution in [1.29, 1.82) is 0 Å². The molecule has 1 unspecified atom stereocenters. The molecule has 0 radical (unpaired) electrons. The molecule has 112 valence electrons. The molecule has 4 heteroatoms. The van der Waals surface area contributed by atoms with Gasteiger partial charge in [0.05, 0.1) is 10.0 Å². The molecule has 0 saturated heterocycles. The van der Waals surface area contributed by atoms with Gasteiger partial charge in [-0.1, -0.05) is 54.4 Å². The summed E-state index contributed by atoms with van der Waals surface area (Å²) in [6.07, 6.45) is 0. The summed E-state index contributed by atoms with van der Waals surface area (Å²) in [6, 6.07) is 13.9. The lowest BCUT2D eigenvalue weighted by atomic mass is 10.1. The predicted octanol–water partition coefficient (Wildman–Crippen LogP) is 5.24. The van der Waals surface area contributed by atoms with Gasteiger partial charge in [0.15, 0.2) is 0 Å². The van der Waals surface area contributed by atoms with Crippen LogP contribution in [-0.2, 0) is 6.61 Å². The third-order valence-corrected chi connectivity index (χ3v) is 4.01. The Morgan fingerprint density at radius 1 is 1.10 bits per heavy atom. The highest BCUT2D eigenvalue weighted by atomic mass is 35.5. The maximum absolute atomic E-state index is 6.02. The molecule has 2 aromatic rings. The normalized spacial score (nSPS) is 12.2. The van der Waals surface area contributed by atoms with Crippen molar-refractivity contribution in [3.05, 3.63) is 63.6 Å². The first-order valence-corrected chi connectivity index (χ1v) is 7.76. The van der Waals surface area contributed by atoms with E-state index in [1.54, 1.807) is 6.07 Å². The van der Waals surface area contributed by atoms with E-state index in [9.17, 15) is 0 Å². The largest absolute Gasteiger partial charge is 0.489 e. The number of rotatable bonds is 6. The summed E-state index contributed by atoms with van der Waals surface area (Å²) in [5.41, 5.74) is 2.15. The van der Waals surface area contributed by atoms with Crippen molar-refractivity contribution in [2.75, 3.05) is 6.54 Å².